The number of carbonyl (C=O) groups excluding carboxylic acids is 1. The number of amides is 1. The Balaban J connectivity index is 3.05. The molecular weight excluding hydrogens is 305 g/mol. The molecule has 17 heavy (non-hydrogen) atoms. The van der Waals surface area contributed by atoms with Gasteiger partial charge in [-0.25, -0.2) is 0 Å². The minimum atomic E-state index is -0.166. The molecule has 1 amide bonds. The molecule has 94 valence electrons. The minimum absolute atomic E-state index is 0.0182. The molecule has 0 aliphatic carbocycles. The van der Waals surface area contributed by atoms with E-state index in [1.54, 1.807) is 23.1 Å². The summed E-state index contributed by atoms with van der Waals surface area (Å²) in [5.74, 6) is -0.166. The van der Waals surface area contributed by atoms with Gasteiger partial charge in [0.15, 0.2) is 0 Å². The average molecular weight is 321 g/mol. The lowest BCUT2D eigenvalue weighted by atomic mass is 10.1. The normalized spacial score (nSPS) is 10.7. The molecular formula is C12H15BrClNO2. The first-order chi connectivity index (χ1) is 7.99. The zero-order valence-corrected chi connectivity index (χ0v) is 12.1. The summed E-state index contributed by atoms with van der Waals surface area (Å²) in [5, 5.41) is 9.37. The van der Waals surface area contributed by atoms with Crippen LogP contribution in [0.5, 0.6) is 0 Å². The van der Waals surface area contributed by atoms with Gasteiger partial charge in [-0.15, -0.1) is 0 Å². The molecule has 0 saturated carbocycles. The van der Waals surface area contributed by atoms with Gasteiger partial charge in [0.05, 0.1) is 17.2 Å². The molecule has 0 saturated heterocycles. The molecule has 0 fully saturated rings. The standard InChI is InChI=1S/C12H15BrClNO2/c1-8(2)15(6-7-16)12(17)9-4-3-5-10(13)11(9)14/h3-5,8,16H,6-7H2,1-2H3. The molecule has 0 spiro atoms. The van der Waals surface area contributed by atoms with Gasteiger partial charge in [0.25, 0.3) is 5.91 Å². The molecule has 1 rings (SSSR count). The van der Waals surface area contributed by atoms with Gasteiger partial charge in [-0.3, -0.25) is 4.79 Å². The topological polar surface area (TPSA) is 40.5 Å². The summed E-state index contributed by atoms with van der Waals surface area (Å²) in [6.07, 6.45) is 0. The van der Waals surface area contributed by atoms with E-state index in [-0.39, 0.29) is 18.6 Å². The van der Waals surface area contributed by atoms with Crippen LogP contribution >= 0.6 is 27.5 Å². The molecule has 5 heteroatoms. The summed E-state index contributed by atoms with van der Waals surface area (Å²) in [5.41, 5.74) is 0.447. The molecule has 0 radical (unpaired) electrons. The molecule has 1 aromatic carbocycles. The van der Waals surface area contributed by atoms with Crippen LogP contribution in [0.2, 0.25) is 5.02 Å². The van der Waals surface area contributed by atoms with Crippen LogP contribution in [0, 0.1) is 0 Å². The Morgan fingerprint density at radius 1 is 1.53 bits per heavy atom. The van der Waals surface area contributed by atoms with E-state index < -0.39 is 0 Å². The van der Waals surface area contributed by atoms with Gasteiger partial charge in [0.1, 0.15) is 0 Å². The second-order valence-corrected chi connectivity index (χ2v) is 5.15. The van der Waals surface area contributed by atoms with Crippen molar-refractivity contribution in [3.8, 4) is 0 Å². The number of nitrogens with zero attached hydrogens (tertiary/aromatic N) is 1. The van der Waals surface area contributed by atoms with Gasteiger partial charge in [0, 0.05) is 17.1 Å². The van der Waals surface area contributed by atoms with E-state index in [4.69, 9.17) is 16.7 Å². The number of hydrogen-bond acceptors (Lipinski definition) is 2. The summed E-state index contributed by atoms with van der Waals surface area (Å²) in [6.45, 7) is 4.05. The van der Waals surface area contributed by atoms with E-state index in [9.17, 15) is 4.79 Å². The van der Waals surface area contributed by atoms with Gasteiger partial charge < -0.3 is 10.0 Å². The van der Waals surface area contributed by atoms with Crippen molar-refractivity contribution >= 4 is 33.4 Å². The maximum atomic E-state index is 12.3. The van der Waals surface area contributed by atoms with Crippen LogP contribution in [0.15, 0.2) is 22.7 Å². The second-order valence-electron chi connectivity index (χ2n) is 3.92. The highest BCUT2D eigenvalue weighted by Crippen LogP contribution is 2.27. The third-order valence-electron chi connectivity index (χ3n) is 2.41. The van der Waals surface area contributed by atoms with Gasteiger partial charge in [0.2, 0.25) is 0 Å². The minimum Gasteiger partial charge on any atom is -0.395 e. The molecule has 0 aliphatic rings. The van der Waals surface area contributed by atoms with Gasteiger partial charge >= 0.3 is 0 Å². The highest BCUT2D eigenvalue weighted by atomic mass is 79.9. The predicted octanol–water partition coefficient (Wildman–Crippen LogP) is 2.95. The molecule has 1 aromatic rings. The number of halogens is 2. The van der Waals surface area contributed by atoms with Gasteiger partial charge in [-0.2, -0.15) is 0 Å². The number of aliphatic hydroxyl groups is 1. The van der Waals surface area contributed by atoms with Crippen LogP contribution < -0.4 is 0 Å². The first-order valence-electron chi connectivity index (χ1n) is 5.35. The van der Waals surface area contributed by atoms with Crippen LogP contribution in [-0.2, 0) is 0 Å². The zero-order chi connectivity index (χ0) is 13.0. The SMILES string of the molecule is CC(C)N(CCO)C(=O)c1cccc(Br)c1Cl. The fourth-order valence-corrected chi connectivity index (χ4v) is 2.10. The van der Waals surface area contributed by atoms with Gasteiger partial charge in [-0.1, -0.05) is 17.7 Å². The number of aliphatic hydroxyl groups excluding tert-OH is 1. The van der Waals surface area contributed by atoms with Crippen molar-refractivity contribution in [3.63, 3.8) is 0 Å². The Morgan fingerprint density at radius 3 is 2.71 bits per heavy atom. The van der Waals surface area contributed by atoms with E-state index in [2.05, 4.69) is 15.9 Å². The Bertz CT molecular complexity index is 409. The number of benzene rings is 1. The quantitative estimate of drug-likeness (QED) is 0.926. The van der Waals surface area contributed by atoms with Crippen molar-refractivity contribution in [2.24, 2.45) is 0 Å². The monoisotopic (exact) mass is 319 g/mol. The molecule has 0 heterocycles. The molecule has 0 unspecified atom stereocenters. The number of rotatable bonds is 4. The maximum Gasteiger partial charge on any atom is 0.255 e. The fourth-order valence-electron chi connectivity index (χ4n) is 1.53. The van der Waals surface area contributed by atoms with E-state index in [1.165, 1.54) is 0 Å². The molecule has 0 aromatic heterocycles. The Labute approximate surface area is 115 Å². The summed E-state index contributed by atoms with van der Waals surface area (Å²) in [4.78, 5) is 13.8. The molecule has 1 N–H and O–H groups in total. The van der Waals surface area contributed by atoms with Crippen molar-refractivity contribution in [2.75, 3.05) is 13.2 Å². The van der Waals surface area contributed by atoms with Crippen molar-refractivity contribution < 1.29 is 9.90 Å². The lowest BCUT2D eigenvalue weighted by Gasteiger charge is -2.26. The Morgan fingerprint density at radius 2 is 2.18 bits per heavy atom. The predicted molar refractivity (Wildman–Crippen MR) is 72.4 cm³/mol. The highest BCUT2D eigenvalue weighted by molar-refractivity contribution is 9.10. The molecule has 0 atom stereocenters. The van der Waals surface area contributed by atoms with Crippen LogP contribution in [0.25, 0.3) is 0 Å². The van der Waals surface area contributed by atoms with E-state index in [1.807, 2.05) is 13.8 Å². The number of carbonyl (C=O) groups is 1. The van der Waals surface area contributed by atoms with Crippen LogP contribution in [0.3, 0.4) is 0 Å². The van der Waals surface area contributed by atoms with Crippen LogP contribution in [0.1, 0.15) is 24.2 Å². The summed E-state index contributed by atoms with van der Waals surface area (Å²) in [7, 11) is 0. The van der Waals surface area contributed by atoms with E-state index in [0.29, 0.717) is 21.6 Å². The molecule has 0 bridgehead atoms. The number of hydrogen-bond donors (Lipinski definition) is 1. The first kappa shape index (κ1) is 14.5. The molecule has 3 nitrogen and oxygen atoms in total. The third kappa shape index (κ3) is 3.44. The van der Waals surface area contributed by atoms with Gasteiger partial charge in [-0.05, 0) is 41.9 Å². The second kappa shape index (κ2) is 6.38. The molecule has 0 aliphatic heterocycles. The third-order valence-corrected chi connectivity index (χ3v) is 3.70. The van der Waals surface area contributed by atoms with Crippen LogP contribution in [-0.4, -0.2) is 35.1 Å². The largest absolute Gasteiger partial charge is 0.395 e. The highest BCUT2D eigenvalue weighted by Gasteiger charge is 2.21. The lowest BCUT2D eigenvalue weighted by Crippen LogP contribution is -2.39. The smallest absolute Gasteiger partial charge is 0.255 e. The van der Waals surface area contributed by atoms with Crippen molar-refractivity contribution in [1.82, 2.24) is 4.90 Å². The Hall–Kier alpha value is -0.580. The Kier molecular flexibility index (Phi) is 5.43. The zero-order valence-electron chi connectivity index (χ0n) is 9.78. The summed E-state index contributed by atoms with van der Waals surface area (Å²) >= 11 is 9.37. The lowest BCUT2D eigenvalue weighted by molar-refractivity contribution is 0.0665. The summed E-state index contributed by atoms with van der Waals surface area (Å²) in [6, 6.07) is 5.25. The average Bonchev–Trinajstić information content (AvgIpc) is 2.28. The van der Waals surface area contributed by atoms with E-state index >= 15 is 0 Å². The van der Waals surface area contributed by atoms with E-state index in [0.717, 1.165) is 0 Å². The fraction of sp³-hybridized carbons (Fsp3) is 0.417. The van der Waals surface area contributed by atoms with Crippen molar-refractivity contribution in [2.45, 2.75) is 19.9 Å². The van der Waals surface area contributed by atoms with Crippen molar-refractivity contribution in [3.05, 3.63) is 33.3 Å². The van der Waals surface area contributed by atoms with Crippen molar-refractivity contribution in [1.29, 1.82) is 0 Å². The first-order valence-corrected chi connectivity index (χ1v) is 6.52. The maximum absolute atomic E-state index is 12.3. The summed E-state index contributed by atoms with van der Waals surface area (Å²) < 4.78 is 0.692. The van der Waals surface area contributed by atoms with Crippen LogP contribution in [0.4, 0.5) is 0 Å².